The molecule has 26 heavy (non-hydrogen) atoms. The van der Waals surface area contributed by atoms with Gasteiger partial charge in [0.05, 0.1) is 4.92 Å². The molecule has 0 atom stereocenters. The number of rotatable bonds is 5. The number of nitrogens with zero attached hydrogens (tertiary/aromatic N) is 3. The van der Waals surface area contributed by atoms with Crippen molar-refractivity contribution >= 4 is 39.6 Å². The molecule has 8 nitrogen and oxygen atoms in total. The fourth-order valence-electron chi connectivity index (χ4n) is 2.04. The Labute approximate surface area is 155 Å². The highest BCUT2D eigenvalue weighted by Gasteiger charge is 2.10. The zero-order chi connectivity index (χ0) is 18.5. The van der Waals surface area contributed by atoms with Crippen LogP contribution in [-0.2, 0) is 4.79 Å². The lowest BCUT2D eigenvalue weighted by molar-refractivity contribution is -0.384. The molecule has 3 aromatic rings. The SMILES string of the molecule is O=C(/C=C/c1cccc([N+](=O)[O-])c1)Nc1nnc(-c2ccc(Br)cc2)o1. The average molecular weight is 415 g/mol. The summed E-state index contributed by atoms with van der Waals surface area (Å²) < 4.78 is 6.31. The Bertz CT molecular complexity index is 982. The van der Waals surface area contributed by atoms with E-state index in [1.54, 1.807) is 18.2 Å². The number of carbonyl (C=O) groups excluding carboxylic acids is 1. The van der Waals surface area contributed by atoms with Gasteiger partial charge in [-0.05, 0) is 35.9 Å². The van der Waals surface area contributed by atoms with Crippen LogP contribution in [0.2, 0.25) is 0 Å². The van der Waals surface area contributed by atoms with Crippen molar-refractivity contribution in [1.29, 1.82) is 0 Å². The monoisotopic (exact) mass is 414 g/mol. The second-order valence-corrected chi connectivity index (χ2v) is 6.01. The number of nitro benzene ring substituents is 1. The van der Waals surface area contributed by atoms with E-state index < -0.39 is 10.8 Å². The van der Waals surface area contributed by atoms with Crippen molar-refractivity contribution in [1.82, 2.24) is 10.2 Å². The lowest BCUT2D eigenvalue weighted by Crippen LogP contribution is -2.07. The van der Waals surface area contributed by atoms with Gasteiger partial charge in [-0.15, -0.1) is 5.10 Å². The van der Waals surface area contributed by atoms with Crippen LogP contribution < -0.4 is 5.32 Å². The predicted octanol–water partition coefficient (Wildman–Crippen LogP) is 4.06. The first kappa shape index (κ1) is 17.5. The molecule has 0 saturated carbocycles. The van der Waals surface area contributed by atoms with Gasteiger partial charge in [0.1, 0.15) is 0 Å². The molecule has 1 heterocycles. The number of aromatic nitrogens is 2. The maximum atomic E-state index is 11.9. The van der Waals surface area contributed by atoms with Crippen LogP contribution in [0.1, 0.15) is 5.56 Å². The third-order valence-corrected chi connectivity index (χ3v) is 3.78. The summed E-state index contributed by atoms with van der Waals surface area (Å²) in [5, 5.41) is 20.8. The van der Waals surface area contributed by atoms with Gasteiger partial charge < -0.3 is 4.42 Å². The molecular weight excluding hydrogens is 404 g/mol. The van der Waals surface area contributed by atoms with Crippen LogP contribution in [-0.4, -0.2) is 21.0 Å². The van der Waals surface area contributed by atoms with E-state index in [0.29, 0.717) is 11.1 Å². The number of hydrogen-bond donors (Lipinski definition) is 1. The molecule has 0 aliphatic carbocycles. The number of carbonyl (C=O) groups is 1. The minimum absolute atomic E-state index is 0.0448. The first-order valence-corrected chi connectivity index (χ1v) is 8.13. The molecule has 0 spiro atoms. The molecule has 9 heteroatoms. The van der Waals surface area contributed by atoms with Gasteiger partial charge in [-0.1, -0.05) is 33.2 Å². The Morgan fingerprint density at radius 2 is 1.96 bits per heavy atom. The number of amides is 1. The highest BCUT2D eigenvalue weighted by atomic mass is 79.9. The minimum Gasteiger partial charge on any atom is -0.403 e. The first-order chi connectivity index (χ1) is 12.5. The summed E-state index contributed by atoms with van der Waals surface area (Å²) in [5.74, 6) is -0.224. The zero-order valence-corrected chi connectivity index (χ0v) is 14.7. The summed E-state index contributed by atoms with van der Waals surface area (Å²) in [4.78, 5) is 22.2. The maximum absolute atomic E-state index is 11.9. The second kappa shape index (κ2) is 7.70. The molecule has 2 aromatic carbocycles. The van der Waals surface area contributed by atoms with Gasteiger partial charge in [0.2, 0.25) is 5.89 Å². The van der Waals surface area contributed by atoms with Crippen LogP contribution in [0.3, 0.4) is 0 Å². The second-order valence-electron chi connectivity index (χ2n) is 5.09. The number of non-ortho nitro benzene ring substituents is 1. The first-order valence-electron chi connectivity index (χ1n) is 7.34. The van der Waals surface area contributed by atoms with Crippen molar-refractivity contribution in [3.8, 4) is 11.5 Å². The maximum Gasteiger partial charge on any atom is 0.322 e. The Balaban J connectivity index is 1.66. The van der Waals surface area contributed by atoms with Gasteiger partial charge in [-0.3, -0.25) is 20.2 Å². The number of nitro groups is 1. The Kier molecular flexibility index (Phi) is 5.18. The number of halogens is 1. The number of hydrogen-bond acceptors (Lipinski definition) is 6. The Morgan fingerprint density at radius 1 is 1.19 bits per heavy atom. The average Bonchev–Trinajstić information content (AvgIpc) is 3.09. The number of anilines is 1. The van der Waals surface area contributed by atoms with Crippen LogP contribution in [0.15, 0.2) is 63.5 Å². The summed E-state index contributed by atoms with van der Waals surface area (Å²) in [6, 6.07) is 13.1. The standard InChI is InChI=1S/C17H11BrN4O4/c18-13-7-5-12(6-8-13)16-20-21-17(26-16)19-15(23)9-4-11-2-1-3-14(10-11)22(24)25/h1-10H,(H,19,21,23)/b9-4+. The molecule has 1 amide bonds. The summed E-state index contributed by atoms with van der Waals surface area (Å²) in [6.07, 6.45) is 2.68. The molecule has 0 saturated heterocycles. The highest BCUT2D eigenvalue weighted by molar-refractivity contribution is 9.10. The number of benzene rings is 2. The van der Waals surface area contributed by atoms with Crippen molar-refractivity contribution in [2.24, 2.45) is 0 Å². The van der Waals surface area contributed by atoms with E-state index in [0.717, 1.165) is 4.47 Å². The van der Waals surface area contributed by atoms with E-state index in [1.807, 2.05) is 12.1 Å². The van der Waals surface area contributed by atoms with E-state index in [1.165, 1.54) is 30.4 Å². The largest absolute Gasteiger partial charge is 0.403 e. The molecule has 0 aliphatic rings. The molecule has 1 aromatic heterocycles. The van der Waals surface area contributed by atoms with Gasteiger partial charge >= 0.3 is 6.01 Å². The third kappa shape index (κ3) is 4.39. The molecule has 0 aliphatic heterocycles. The lowest BCUT2D eigenvalue weighted by Gasteiger charge is -1.96. The minimum atomic E-state index is -0.500. The fraction of sp³-hybridized carbons (Fsp3) is 0. The lowest BCUT2D eigenvalue weighted by atomic mass is 10.2. The highest BCUT2D eigenvalue weighted by Crippen LogP contribution is 2.22. The van der Waals surface area contributed by atoms with E-state index >= 15 is 0 Å². The van der Waals surface area contributed by atoms with Crippen LogP contribution in [0, 0.1) is 10.1 Å². The van der Waals surface area contributed by atoms with E-state index in [9.17, 15) is 14.9 Å². The molecule has 0 radical (unpaired) electrons. The van der Waals surface area contributed by atoms with Crippen molar-refractivity contribution < 1.29 is 14.1 Å². The van der Waals surface area contributed by atoms with Crippen LogP contribution in [0.5, 0.6) is 0 Å². The van der Waals surface area contributed by atoms with Crippen LogP contribution in [0.4, 0.5) is 11.7 Å². The predicted molar refractivity (Wildman–Crippen MR) is 98.2 cm³/mol. The number of nitrogens with one attached hydrogen (secondary N) is 1. The Hall–Kier alpha value is -3.33. The van der Waals surface area contributed by atoms with Gasteiger partial charge in [-0.2, -0.15) is 0 Å². The topological polar surface area (TPSA) is 111 Å². The summed E-state index contributed by atoms with van der Waals surface area (Å²) in [7, 11) is 0. The van der Waals surface area contributed by atoms with Crippen molar-refractivity contribution in [3.05, 3.63) is 74.8 Å². The van der Waals surface area contributed by atoms with Gasteiger partial charge in [0, 0.05) is 28.2 Å². The molecule has 130 valence electrons. The van der Waals surface area contributed by atoms with E-state index in [4.69, 9.17) is 4.42 Å². The van der Waals surface area contributed by atoms with Gasteiger partial charge in [0.15, 0.2) is 0 Å². The Morgan fingerprint density at radius 3 is 2.69 bits per heavy atom. The van der Waals surface area contributed by atoms with E-state index in [2.05, 4.69) is 31.4 Å². The van der Waals surface area contributed by atoms with Crippen molar-refractivity contribution in [3.63, 3.8) is 0 Å². The fourth-order valence-corrected chi connectivity index (χ4v) is 2.31. The summed E-state index contributed by atoms with van der Waals surface area (Å²) in [5.41, 5.74) is 1.19. The van der Waals surface area contributed by atoms with E-state index in [-0.39, 0.29) is 17.6 Å². The molecule has 0 unspecified atom stereocenters. The molecule has 0 bridgehead atoms. The normalized spacial score (nSPS) is 10.8. The van der Waals surface area contributed by atoms with Crippen LogP contribution >= 0.6 is 15.9 Å². The van der Waals surface area contributed by atoms with Crippen LogP contribution in [0.25, 0.3) is 17.5 Å². The molecular formula is C17H11BrN4O4. The molecule has 1 N–H and O–H groups in total. The quantitative estimate of drug-likeness (QED) is 0.382. The molecule has 3 rings (SSSR count). The van der Waals surface area contributed by atoms with Gasteiger partial charge in [0.25, 0.3) is 11.6 Å². The third-order valence-electron chi connectivity index (χ3n) is 3.25. The summed E-state index contributed by atoms with van der Waals surface area (Å²) in [6.45, 7) is 0. The molecule has 0 fully saturated rings. The zero-order valence-electron chi connectivity index (χ0n) is 13.1. The van der Waals surface area contributed by atoms with Crippen molar-refractivity contribution in [2.75, 3.05) is 5.32 Å². The van der Waals surface area contributed by atoms with Gasteiger partial charge in [-0.25, -0.2) is 0 Å². The smallest absolute Gasteiger partial charge is 0.322 e. The summed E-state index contributed by atoms with van der Waals surface area (Å²) >= 11 is 3.34. The van der Waals surface area contributed by atoms with Crippen molar-refractivity contribution in [2.45, 2.75) is 0 Å².